The lowest BCUT2D eigenvalue weighted by Crippen LogP contribution is -2.66. The highest BCUT2D eigenvalue weighted by molar-refractivity contribution is 5.84. The van der Waals surface area contributed by atoms with Gasteiger partial charge in [-0.2, -0.15) is 0 Å². The molecule has 1 unspecified atom stereocenters. The second-order valence-electron chi connectivity index (χ2n) is 5.10. The Morgan fingerprint density at radius 1 is 0.963 bits per heavy atom. The lowest BCUT2D eigenvalue weighted by atomic mass is 9.79. The molecule has 0 rings (SSSR count). The third-order valence-corrected chi connectivity index (χ3v) is 3.56. The quantitative estimate of drug-likeness (QED) is 0.208. The minimum Gasteiger partial charge on any atom is -0.454 e. The SMILES string of the molecule is C=CC(=O)OCC(OC(=O)C=C)(OC(=O)C=C)C(CO)(CO)C(O)OCC. The van der Waals surface area contributed by atoms with Gasteiger partial charge >= 0.3 is 23.7 Å². The zero-order valence-corrected chi connectivity index (χ0v) is 15.0. The molecule has 0 fully saturated rings. The Kier molecular flexibility index (Phi) is 10.2. The van der Waals surface area contributed by atoms with Crippen LogP contribution in [0.25, 0.3) is 0 Å². The van der Waals surface area contributed by atoms with Crippen LogP contribution >= 0.6 is 0 Å². The highest BCUT2D eigenvalue weighted by Crippen LogP contribution is 2.40. The summed E-state index contributed by atoms with van der Waals surface area (Å²) >= 11 is 0. The summed E-state index contributed by atoms with van der Waals surface area (Å²) in [5, 5.41) is 30.2. The first-order valence-electron chi connectivity index (χ1n) is 7.73. The molecule has 3 N–H and O–H groups in total. The third kappa shape index (κ3) is 5.73. The number of hydrogen-bond donors (Lipinski definition) is 3. The molecule has 0 aromatic rings. The molecule has 0 saturated carbocycles. The van der Waals surface area contributed by atoms with Gasteiger partial charge in [0.25, 0.3) is 0 Å². The molecular formula is C17H24O10. The summed E-state index contributed by atoms with van der Waals surface area (Å²) in [6.07, 6.45) is 0.153. The van der Waals surface area contributed by atoms with Gasteiger partial charge in [-0.25, -0.2) is 14.4 Å². The zero-order chi connectivity index (χ0) is 21.1. The maximum Gasteiger partial charge on any atom is 0.333 e. The van der Waals surface area contributed by atoms with E-state index in [-0.39, 0.29) is 6.61 Å². The van der Waals surface area contributed by atoms with Crippen molar-refractivity contribution in [3.63, 3.8) is 0 Å². The van der Waals surface area contributed by atoms with Crippen LogP contribution in [0.3, 0.4) is 0 Å². The lowest BCUT2D eigenvalue weighted by molar-refractivity contribution is -0.344. The summed E-state index contributed by atoms with van der Waals surface area (Å²) in [5.41, 5.74) is -2.35. The van der Waals surface area contributed by atoms with E-state index in [0.29, 0.717) is 12.2 Å². The zero-order valence-electron chi connectivity index (χ0n) is 15.0. The Hall–Kier alpha value is -2.53. The molecule has 0 saturated heterocycles. The molecule has 0 aromatic carbocycles. The van der Waals surface area contributed by atoms with E-state index in [1.54, 1.807) is 0 Å². The Balaban J connectivity index is 6.52. The highest BCUT2D eigenvalue weighted by Gasteiger charge is 2.63. The van der Waals surface area contributed by atoms with Gasteiger partial charge in [0, 0.05) is 24.8 Å². The Bertz CT molecular complexity index is 542. The molecule has 0 aromatic heterocycles. The van der Waals surface area contributed by atoms with Crippen LogP contribution in [0.4, 0.5) is 0 Å². The first-order chi connectivity index (χ1) is 12.7. The van der Waals surface area contributed by atoms with Gasteiger partial charge in [0.15, 0.2) is 12.9 Å². The molecule has 0 bridgehead atoms. The molecule has 0 aliphatic rings. The van der Waals surface area contributed by atoms with Gasteiger partial charge in [-0.3, -0.25) is 0 Å². The highest BCUT2D eigenvalue weighted by atomic mass is 16.8. The summed E-state index contributed by atoms with van der Waals surface area (Å²) in [4.78, 5) is 35.2. The number of ether oxygens (including phenoxy) is 4. The van der Waals surface area contributed by atoms with Crippen molar-refractivity contribution in [1.82, 2.24) is 0 Å². The summed E-state index contributed by atoms with van der Waals surface area (Å²) in [7, 11) is 0. The van der Waals surface area contributed by atoms with Crippen molar-refractivity contribution in [1.29, 1.82) is 0 Å². The van der Waals surface area contributed by atoms with E-state index in [9.17, 15) is 29.7 Å². The lowest BCUT2D eigenvalue weighted by Gasteiger charge is -2.47. The molecular weight excluding hydrogens is 364 g/mol. The molecule has 0 amide bonds. The largest absolute Gasteiger partial charge is 0.454 e. The smallest absolute Gasteiger partial charge is 0.333 e. The summed E-state index contributed by atoms with van der Waals surface area (Å²) < 4.78 is 19.9. The Morgan fingerprint density at radius 2 is 1.41 bits per heavy atom. The molecule has 10 heteroatoms. The van der Waals surface area contributed by atoms with Gasteiger partial charge in [0.05, 0.1) is 13.2 Å². The van der Waals surface area contributed by atoms with E-state index in [1.807, 2.05) is 0 Å². The van der Waals surface area contributed by atoms with Gasteiger partial charge in [-0.15, -0.1) is 0 Å². The summed E-state index contributed by atoms with van der Waals surface area (Å²) in [6.45, 7) is 7.76. The molecule has 10 nitrogen and oxygen atoms in total. The summed E-state index contributed by atoms with van der Waals surface area (Å²) in [6, 6.07) is 0. The Morgan fingerprint density at radius 3 is 1.74 bits per heavy atom. The maximum atomic E-state index is 11.9. The number of aliphatic hydroxyl groups excluding tert-OH is 3. The van der Waals surface area contributed by atoms with Gasteiger partial charge in [-0.1, -0.05) is 19.7 Å². The van der Waals surface area contributed by atoms with E-state index >= 15 is 0 Å². The predicted molar refractivity (Wildman–Crippen MR) is 90.7 cm³/mol. The molecule has 0 radical (unpaired) electrons. The van der Waals surface area contributed by atoms with Crippen LogP contribution in [0, 0.1) is 5.41 Å². The van der Waals surface area contributed by atoms with Crippen molar-refractivity contribution in [3.8, 4) is 0 Å². The monoisotopic (exact) mass is 388 g/mol. The van der Waals surface area contributed by atoms with Crippen molar-refractivity contribution >= 4 is 17.9 Å². The molecule has 1 atom stereocenters. The average Bonchev–Trinajstić information content (AvgIpc) is 2.67. The van der Waals surface area contributed by atoms with E-state index in [0.717, 1.165) is 6.08 Å². The van der Waals surface area contributed by atoms with E-state index in [2.05, 4.69) is 19.7 Å². The molecule has 0 aliphatic heterocycles. The second-order valence-corrected chi connectivity index (χ2v) is 5.10. The van der Waals surface area contributed by atoms with Gasteiger partial charge in [-0.05, 0) is 6.92 Å². The normalized spacial score (nSPS) is 12.4. The minimum atomic E-state index is -2.69. The number of rotatable bonds is 13. The van der Waals surface area contributed by atoms with Crippen LogP contribution in [0.5, 0.6) is 0 Å². The van der Waals surface area contributed by atoms with Gasteiger partial charge < -0.3 is 34.3 Å². The van der Waals surface area contributed by atoms with Crippen molar-refractivity contribution in [2.24, 2.45) is 5.41 Å². The average molecular weight is 388 g/mol. The van der Waals surface area contributed by atoms with E-state index in [4.69, 9.17) is 18.9 Å². The van der Waals surface area contributed by atoms with Crippen LogP contribution in [0.1, 0.15) is 6.92 Å². The first-order valence-corrected chi connectivity index (χ1v) is 7.73. The first kappa shape index (κ1) is 24.5. The fraction of sp³-hybridized carbons (Fsp3) is 0.471. The molecule has 0 heterocycles. The van der Waals surface area contributed by atoms with Crippen molar-refractivity contribution in [2.75, 3.05) is 26.4 Å². The van der Waals surface area contributed by atoms with Crippen molar-refractivity contribution < 1.29 is 48.7 Å². The topological polar surface area (TPSA) is 149 Å². The van der Waals surface area contributed by atoms with Crippen LogP contribution in [-0.4, -0.2) is 71.7 Å². The van der Waals surface area contributed by atoms with Crippen LogP contribution in [0.15, 0.2) is 38.0 Å². The van der Waals surface area contributed by atoms with E-state index < -0.39 is 55.2 Å². The number of esters is 3. The molecule has 152 valence electrons. The van der Waals surface area contributed by atoms with Crippen molar-refractivity contribution in [2.45, 2.75) is 19.0 Å². The predicted octanol–water partition coefficient (Wildman–Crippen LogP) is -0.804. The van der Waals surface area contributed by atoms with Crippen molar-refractivity contribution in [3.05, 3.63) is 38.0 Å². The number of hydrogen-bond acceptors (Lipinski definition) is 10. The molecule has 0 aliphatic carbocycles. The molecule has 0 spiro atoms. The fourth-order valence-corrected chi connectivity index (χ4v) is 2.01. The second kappa shape index (κ2) is 11.2. The standard InChI is InChI=1S/C17H24O10/c1-5-12(20)25-11-17(26-13(21)6-2,27-14(22)7-3)16(9-18,10-19)15(23)24-8-4/h5-7,15,18-19,23H,1-3,8-11H2,4H3. The van der Waals surface area contributed by atoms with Crippen LogP contribution in [-0.2, 0) is 33.3 Å². The van der Waals surface area contributed by atoms with Crippen LogP contribution in [0.2, 0.25) is 0 Å². The van der Waals surface area contributed by atoms with E-state index in [1.165, 1.54) is 6.92 Å². The maximum absolute atomic E-state index is 11.9. The van der Waals surface area contributed by atoms with Crippen LogP contribution < -0.4 is 0 Å². The third-order valence-electron chi connectivity index (χ3n) is 3.56. The minimum absolute atomic E-state index is 0.0871. The number of carbonyl (C=O) groups is 3. The Labute approximate surface area is 156 Å². The molecule has 27 heavy (non-hydrogen) atoms. The number of aliphatic hydroxyl groups is 3. The fourth-order valence-electron chi connectivity index (χ4n) is 2.01. The summed E-state index contributed by atoms with van der Waals surface area (Å²) in [5.74, 6) is -6.03. The van der Waals surface area contributed by atoms with Gasteiger partial charge in [0.2, 0.25) is 0 Å². The number of carbonyl (C=O) groups excluding carboxylic acids is 3. The van der Waals surface area contributed by atoms with Gasteiger partial charge in [0.1, 0.15) is 5.41 Å².